The average molecular weight is 645 g/mol. The van der Waals surface area contributed by atoms with Crippen molar-refractivity contribution in [3.05, 3.63) is 51.0 Å². The monoisotopic (exact) mass is 644 g/mol. The fourth-order valence-corrected chi connectivity index (χ4v) is 7.10. The van der Waals surface area contributed by atoms with Gasteiger partial charge >= 0.3 is 7.12 Å². The maximum atomic E-state index is 6.56. The van der Waals surface area contributed by atoms with Gasteiger partial charge in [0.2, 0.25) is 0 Å². The predicted octanol–water partition coefficient (Wildman–Crippen LogP) is 5.93. The Morgan fingerprint density at radius 3 is 1.79 bits per heavy atom. The molecule has 0 spiro atoms. The van der Waals surface area contributed by atoms with E-state index >= 15 is 0 Å². The molecular formula is C33H46BBrO7. The van der Waals surface area contributed by atoms with Crippen molar-refractivity contribution in [1.82, 2.24) is 0 Å². The fourth-order valence-electron chi connectivity index (χ4n) is 6.60. The summed E-state index contributed by atoms with van der Waals surface area (Å²) in [4.78, 5) is 0. The molecule has 0 saturated carbocycles. The van der Waals surface area contributed by atoms with E-state index in [0.717, 1.165) is 35.6 Å². The molecule has 0 N–H and O–H groups in total. The second-order valence-corrected chi connectivity index (χ2v) is 13.6. The first kappa shape index (κ1) is 32.1. The van der Waals surface area contributed by atoms with E-state index in [-0.39, 0.29) is 5.41 Å². The third-order valence-electron chi connectivity index (χ3n) is 9.40. The van der Waals surface area contributed by atoms with Crippen molar-refractivity contribution in [3.63, 3.8) is 0 Å². The number of benzene rings is 2. The fraction of sp³-hybridized carbons (Fsp3) is 0.636. The van der Waals surface area contributed by atoms with Crippen LogP contribution in [0.2, 0.25) is 0 Å². The lowest BCUT2D eigenvalue weighted by Gasteiger charge is -2.34. The van der Waals surface area contributed by atoms with Crippen LogP contribution in [0.1, 0.15) is 75.6 Å². The molecule has 7 nitrogen and oxygen atoms in total. The molecule has 0 radical (unpaired) electrons. The zero-order chi connectivity index (χ0) is 30.0. The van der Waals surface area contributed by atoms with E-state index in [0.29, 0.717) is 52.9 Å². The van der Waals surface area contributed by atoms with E-state index in [1.807, 2.05) is 0 Å². The van der Waals surface area contributed by atoms with Crippen molar-refractivity contribution >= 4 is 28.5 Å². The highest BCUT2D eigenvalue weighted by Gasteiger charge is 2.53. The Balaban J connectivity index is 1.57. The summed E-state index contributed by atoms with van der Waals surface area (Å²) in [5.41, 5.74) is 7.82. The quantitative estimate of drug-likeness (QED) is 0.176. The highest BCUT2D eigenvalue weighted by molar-refractivity contribution is 9.10. The minimum atomic E-state index is -0.442. The molecule has 0 aromatic heterocycles. The highest BCUT2D eigenvalue weighted by Crippen LogP contribution is 2.57. The number of hydrogen-bond donors (Lipinski definition) is 0. The lowest BCUT2D eigenvalue weighted by atomic mass is 9.68. The number of hydrogen-bond acceptors (Lipinski definition) is 7. The van der Waals surface area contributed by atoms with E-state index in [2.05, 4.69) is 67.9 Å². The van der Waals surface area contributed by atoms with Crippen LogP contribution < -0.4 is 5.46 Å². The van der Waals surface area contributed by atoms with Crippen LogP contribution in [0.3, 0.4) is 0 Å². The molecule has 1 aliphatic carbocycles. The second kappa shape index (κ2) is 13.4. The van der Waals surface area contributed by atoms with Gasteiger partial charge in [-0.05, 0) is 104 Å². The first-order valence-electron chi connectivity index (χ1n) is 15.2. The van der Waals surface area contributed by atoms with Crippen LogP contribution in [-0.4, -0.2) is 72.2 Å². The summed E-state index contributed by atoms with van der Waals surface area (Å²) in [7, 11) is 2.97. The molecule has 2 aromatic rings. The smallest absolute Gasteiger partial charge is 0.399 e. The Hall–Kier alpha value is -1.30. The van der Waals surface area contributed by atoms with Gasteiger partial charge in [-0.1, -0.05) is 28.1 Å². The average Bonchev–Trinajstić information content (AvgIpc) is 3.23. The molecule has 42 heavy (non-hydrogen) atoms. The van der Waals surface area contributed by atoms with Crippen molar-refractivity contribution in [3.8, 4) is 11.1 Å². The Labute approximate surface area is 260 Å². The summed E-state index contributed by atoms with van der Waals surface area (Å²) in [5, 5.41) is 0. The van der Waals surface area contributed by atoms with Crippen LogP contribution in [-0.2, 0) is 51.6 Å². The minimum absolute atomic E-state index is 0.204. The van der Waals surface area contributed by atoms with Gasteiger partial charge in [0.25, 0.3) is 0 Å². The molecule has 5 rings (SSSR count). The van der Waals surface area contributed by atoms with Gasteiger partial charge in [0.05, 0.1) is 50.8 Å². The Morgan fingerprint density at radius 1 is 0.714 bits per heavy atom. The summed E-state index contributed by atoms with van der Waals surface area (Å²) in [6, 6.07) is 9.17. The lowest BCUT2D eigenvalue weighted by molar-refractivity contribution is 0.00578. The molecule has 2 aliphatic heterocycles. The predicted molar refractivity (Wildman–Crippen MR) is 168 cm³/mol. The largest absolute Gasteiger partial charge is 0.494 e. The number of ether oxygens (including phenoxy) is 5. The van der Waals surface area contributed by atoms with E-state index in [1.54, 1.807) is 14.2 Å². The van der Waals surface area contributed by atoms with Crippen LogP contribution in [0.4, 0.5) is 0 Å². The van der Waals surface area contributed by atoms with Gasteiger partial charge in [-0.15, -0.1) is 0 Å². The second-order valence-electron chi connectivity index (χ2n) is 12.7. The van der Waals surface area contributed by atoms with Crippen LogP contribution in [0, 0.1) is 0 Å². The van der Waals surface area contributed by atoms with E-state index in [1.165, 1.54) is 33.4 Å². The molecule has 1 saturated heterocycles. The first-order chi connectivity index (χ1) is 20.1. The van der Waals surface area contributed by atoms with Gasteiger partial charge in [0, 0.05) is 37.3 Å². The Bertz CT molecular complexity index is 1220. The van der Waals surface area contributed by atoms with Crippen molar-refractivity contribution in [2.24, 2.45) is 0 Å². The normalized spacial score (nSPS) is 19.3. The molecule has 0 bridgehead atoms. The van der Waals surface area contributed by atoms with Crippen molar-refractivity contribution in [2.75, 3.05) is 53.9 Å². The summed E-state index contributed by atoms with van der Waals surface area (Å²) >= 11 is 3.84. The number of halogens is 1. The molecule has 2 aromatic carbocycles. The van der Waals surface area contributed by atoms with Gasteiger partial charge in [-0.3, -0.25) is 0 Å². The molecule has 230 valence electrons. The molecule has 9 heteroatoms. The standard InChI is InChI=1S/C33H46BBrO7/c1-31(2)32(3,4)42-34(41-31)25-17-23-21-40-22-24-18-26(35)20-28-30(24)29(23)27(19-25)33(28,9-7-11-38-15-13-36-5)10-8-12-39-16-14-37-6/h17-20H,7-16,21-22H2,1-6H3. The maximum Gasteiger partial charge on any atom is 0.494 e. The number of rotatable bonds is 15. The molecule has 1 fully saturated rings. The summed E-state index contributed by atoms with van der Waals surface area (Å²) in [5.74, 6) is 0. The van der Waals surface area contributed by atoms with E-state index in [4.69, 9.17) is 33.0 Å². The van der Waals surface area contributed by atoms with Gasteiger partial charge in [0.15, 0.2) is 0 Å². The summed E-state index contributed by atoms with van der Waals surface area (Å²) in [6.45, 7) is 13.4. The molecule has 0 atom stereocenters. The molecule has 3 aliphatic rings. The SMILES string of the molecule is COCCOCCCC1(CCCOCCOC)c2cc(Br)cc3c2-c2c(cc(B4OC(C)(C)C(C)(C)O4)cc21)COC3. The molecule has 0 amide bonds. The highest BCUT2D eigenvalue weighted by atomic mass is 79.9. The van der Waals surface area contributed by atoms with Crippen molar-refractivity contribution < 1.29 is 33.0 Å². The van der Waals surface area contributed by atoms with Crippen LogP contribution in [0.15, 0.2) is 28.7 Å². The van der Waals surface area contributed by atoms with Gasteiger partial charge < -0.3 is 33.0 Å². The third kappa shape index (κ3) is 6.27. The van der Waals surface area contributed by atoms with Crippen molar-refractivity contribution in [1.29, 1.82) is 0 Å². The molecule has 2 heterocycles. The topological polar surface area (TPSA) is 64.6 Å². The van der Waals surface area contributed by atoms with Gasteiger partial charge in [-0.25, -0.2) is 0 Å². The van der Waals surface area contributed by atoms with Crippen LogP contribution in [0.25, 0.3) is 11.1 Å². The number of methoxy groups -OCH3 is 2. The summed E-state index contributed by atoms with van der Waals surface area (Å²) < 4.78 is 42.7. The van der Waals surface area contributed by atoms with E-state index < -0.39 is 18.3 Å². The van der Waals surface area contributed by atoms with Gasteiger partial charge in [0.1, 0.15) is 0 Å². The zero-order valence-electron chi connectivity index (χ0n) is 26.1. The van der Waals surface area contributed by atoms with E-state index in [9.17, 15) is 0 Å². The Kier molecular flexibility index (Phi) is 10.2. The third-order valence-corrected chi connectivity index (χ3v) is 9.85. The first-order valence-corrected chi connectivity index (χ1v) is 16.0. The minimum Gasteiger partial charge on any atom is -0.399 e. The lowest BCUT2D eigenvalue weighted by Crippen LogP contribution is -2.41. The molecule has 0 unspecified atom stereocenters. The maximum absolute atomic E-state index is 6.56. The Morgan fingerprint density at radius 2 is 1.24 bits per heavy atom. The van der Waals surface area contributed by atoms with Gasteiger partial charge in [-0.2, -0.15) is 0 Å². The zero-order valence-corrected chi connectivity index (χ0v) is 27.7. The van der Waals surface area contributed by atoms with Crippen molar-refractivity contribution in [2.45, 2.75) is 83.2 Å². The van der Waals surface area contributed by atoms with Crippen LogP contribution >= 0.6 is 15.9 Å². The van der Waals surface area contributed by atoms with Crippen LogP contribution in [0.5, 0.6) is 0 Å². The summed E-state index contributed by atoms with van der Waals surface area (Å²) in [6.07, 6.45) is 3.78. The molecular weight excluding hydrogens is 599 g/mol.